The Bertz CT molecular complexity index is 787. The van der Waals surface area contributed by atoms with E-state index in [0.717, 1.165) is 26.8 Å². The predicted octanol–water partition coefficient (Wildman–Crippen LogP) is 3.99. The van der Waals surface area contributed by atoms with Crippen LogP contribution in [0.1, 0.15) is 11.1 Å². The molecule has 0 radical (unpaired) electrons. The molecule has 2 N–H and O–H groups in total. The summed E-state index contributed by atoms with van der Waals surface area (Å²) < 4.78 is 2.08. The predicted molar refractivity (Wildman–Crippen MR) is 93.2 cm³/mol. The van der Waals surface area contributed by atoms with E-state index < -0.39 is 0 Å². The molecule has 0 aliphatic rings. The van der Waals surface area contributed by atoms with Crippen molar-refractivity contribution in [1.82, 2.24) is 15.0 Å². The minimum absolute atomic E-state index is 0.667. The second kappa shape index (κ2) is 5.00. The highest BCUT2D eigenvalue weighted by Gasteiger charge is 2.10. The number of hydrogen-bond acceptors (Lipinski definition) is 3. The molecule has 1 heterocycles. The van der Waals surface area contributed by atoms with Crippen molar-refractivity contribution in [2.75, 3.05) is 5.73 Å². The second-order valence-electron chi connectivity index (χ2n) is 4.74. The Morgan fingerprint density at radius 3 is 2.40 bits per heavy atom. The summed E-state index contributed by atoms with van der Waals surface area (Å²) in [6.45, 7) is 4.15. The zero-order valence-corrected chi connectivity index (χ0v) is 14.7. The Balaban J connectivity index is 2.22. The molecule has 6 heteroatoms. The van der Waals surface area contributed by atoms with Crippen molar-refractivity contribution in [1.29, 1.82) is 0 Å². The van der Waals surface area contributed by atoms with Gasteiger partial charge in [0.1, 0.15) is 11.0 Å². The van der Waals surface area contributed by atoms with Gasteiger partial charge in [0.2, 0.25) is 0 Å². The molecule has 0 aliphatic carbocycles. The maximum atomic E-state index is 5.88. The van der Waals surface area contributed by atoms with Gasteiger partial charge in [-0.15, -0.1) is 10.2 Å². The van der Waals surface area contributed by atoms with Gasteiger partial charge >= 0.3 is 0 Å². The summed E-state index contributed by atoms with van der Waals surface area (Å²) in [5.41, 5.74) is 11.5. The molecule has 4 nitrogen and oxygen atoms in total. The van der Waals surface area contributed by atoms with Crippen molar-refractivity contribution >= 4 is 55.2 Å². The summed E-state index contributed by atoms with van der Waals surface area (Å²) >= 11 is 5.75. The van der Waals surface area contributed by atoms with Gasteiger partial charge in [-0.3, -0.25) is 0 Å². The van der Waals surface area contributed by atoms with E-state index in [1.54, 1.807) is 4.80 Å². The lowest BCUT2D eigenvalue weighted by molar-refractivity contribution is 0.759. The van der Waals surface area contributed by atoms with E-state index in [4.69, 9.17) is 5.73 Å². The van der Waals surface area contributed by atoms with Gasteiger partial charge in [0.05, 0.1) is 5.69 Å². The summed E-state index contributed by atoms with van der Waals surface area (Å²) in [7, 11) is 0. The molecule has 0 aliphatic heterocycles. The van der Waals surface area contributed by atoms with Crippen molar-refractivity contribution in [3.8, 4) is 5.69 Å². The largest absolute Gasteiger partial charge is 0.398 e. The normalized spacial score (nSPS) is 11.2. The average molecular weight is 443 g/mol. The van der Waals surface area contributed by atoms with Gasteiger partial charge < -0.3 is 5.73 Å². The van der Waals surface area contributed by atoms with Crippen molar-refractivity contribution in [2.24, 2.45) is 0 Å². The summed E-state index contributed by atoms with van der Waals surface area (Å²) in [5.74, 6) is 0. The first kappa shape index (κ1) is 13.8. The van der Waals surface area contributed by atoms with Crippen LogP contribution >= 0.6 is 38.5 Å². The van der Waals surface area contributed by atoms with Crippen LogP contribution in [-0.2, 0) is 0 Å². The van der Waals surface area contributed by atoms with Crippen LogP contribution in [0, 0.1) is 17.4 Å². The molecule has 0 saturated carbocycles. The van der Waals surface area contributed by atoms with Crippen LogP contribution in [0.2, 0.25) is 0 Å². The number of aryl methyl sites for hydroxylation is 2. The molecule has 20 heavy (non-hydrogen) atoms. The fraction of sp³-hybridized carbons (Fsp3) is 0.143. The Hall–Kier alpha value is -1.15. The highest BCUT2D eigenvalue weighted by molar-refractivity contribution is 14.1. The van der Waals surface area contributed by atoms with Crippen LogP contribution < -0.4 is 5.73 Å². The van der Waals surface area contributed by atoms with E-state index >= 15 is 0 Å². The van der Waals surface area contributed by atoms with Gasteiger partial charge in [-0.25, -0.2) is 0 Å². The minimum atomic E-state index is 0.667. The maximum Gasteiger partial charge on any atom is 0.115 e. The number of hydrogen-bond donors (Lipinski definition) is 1. The molecular weight excluding hydrogens is 431 g/mol. The summed E-state index contributed by atoms with van der Waals surface area (Å²) in [4.78, 5) is 1.68. The number of nitrogen functional groups attached to an aromatic ring is 1. The van der Waals surface area contributed by atoms with Crippen LogP contribution in [0.15, 0.2) is 28.7 Å². The van der Waals surface area contributed by atoms with Gasteiger partial charge in [-0.1, -0.05) is 0 Å². The molecule has 0 amide bonds. The Labute approximate surface area is 138 Å². The smallest absolute Gasteiger partial charge is 0.115 e. The van der Waals surface area contributed by atoms with Crippen LogP contribution in [-0.4, -0.2) is 15.0 Å². The number of nitrogens with zero attached hydrogens (tertiary/aromatic N) is 3. The van der Waals surface area contributed by atoms with E-state index in [1.165, 1.54) is 9.13 Å². The van der Waals surface area contributed by atoms with Gasteiger partial charge in [-0.05, 0) is 87.8 Å². The number of nitrogens with two attached hydrogens (primary N) is 1. The van der Waals surface area contributed by atoms with Crippen molar-refractivity contribution in [2.45, 2.75) is 13.8 Å². The first-order chi connectivity index (χ1) is 9.45. The summed E-state index contributed by atoms with van der Waals surface area (Å²) in [6.07, 6.45) is 0. The lowest BCUT2D eigenvalue weighted by Gasteiger charge is -2.07. The third-order valence-corrected chi connectivity index (χ3v) is 5.04. The molecule has 0 atom stereocenters. The third kappa shape index (κ3) is 2.31. The fourth-order valence-electron chi connectivity index (χ4n) is 2.04. The number of anilines is 1. The highest BCUT2D eigenvalue weighted by Crippen LogP contribution is 2.26. The fourth-order valence-corrected chi connectivity index (χ4v) is 3.00. The zero-order valence-electron chi connectivity index (χ0n) is 11.0. The van der Waals surface area contributed by atoms with Crippen molar-refractivity contribution < 1.29 is 0 Å². The molecule has 0 unspecified atom stereocenters. The topological polar surface area (TPSA) is 56.7 Å². The van der Waals surface area contributed by atoms with Crippen LogP contribution in [0.5, 0.6) is 0 Å². The zero-order chi connectivity index (χ0) is 14.4. The monoisotopic (exact) mass is 442 g/mol. The average Bonchev–Trinajstić information content (AvgIpc) is 2.77. The highest BCUT2D eigenvalue weighted by atomic mass is 127. The molecule has 102 valence electrons. The van der Waals surface area contributed by atoms with Crippen molar-refractivity contribution in [3.05, 3.63) is 43.4 Å². The summed E-state index contributed by atoms with van der Waals surface area (Å²) in [6, 6.07) is 7.97. The van der Waals surface area contributed by atoms with E-state index in [-0.39, 0.29) is 0 Å². The van der Waals surface area contributed by atoms with E-state index in [0.29, 0.717) is 5.69 Å². The number of fused-ring (bicyclic) bond motifs is 1. The van der Waals surface area contributed by atoms with Gasteiger partial charge in [-0.2, -0.15) is 4.80 Å². The van der Waals surface area contributed by atoms with Gasteiger partial charge in [0.25, 0.3) is 0 Å². The molecule has 3 rings (SSSR count). The third-order valence-electron chi connectivity index (χ3n) is 3.19. The molecule has 0 fully saturated rings. The quantitative estimate of drug-likeness (QED) is 0.458. The van der Waals surface area contributed by atoms with Gasteiger partial charge in [0, 0.05) is 13.7 Å². The molecule has 3 aromatic rings. The molecule has 0 spiro atoms. The Kier molecular flexibility index (Phi) is 3.45. The number of aromatic nitrogens is 3. The van der Waals surface area contributed by atoms with E-state index in [1.807, 2.05) is 12.1 Å². The lowest BCUT2D eigenvalue weighted by Crippen LogP contribution is -2.02. The first-order valence-corrected chi connectivity index (χ1v) is 7.92. The van der Waals surface area contributed by atoms with Crippen molar-refractivity contribution in [3.63, 3.8) is 0 Å². The Morgan fingerprint density at radius 2 is 1.70 bits per heavy atom. The van der Waals surface area contributed by atoms with E-state index in [9.17, 15) is 0 Å². The lowest BCUT2D eigenvalue weighted by atomic mass is 10.1. The molecule has 1 aromatic heterocycles. The van der Waals surface area contributed by atoms with Crippen LogP contribution in [0.25, 0.3) is 16.7 Å². The number of halogens is 2. The number of rotatable bonds is 1. The standard InChI is InChI=1S/C14H12BrIN4/c1-7-4-14(8(2)3-10(7)16)20-18-12-5-9(15)11(17)6-13(12)19-20/h3-6H,17H2,1-2H3. The second-order valence-corrected chi connectivity index (χ2v) is 6.76. The minimum Gasteiger partial charge on any atom is -0.398 e. The summed E-state index contributed by atoms with van der Waals surface area (Å²) in [5, 5.41) is 9.05. The number of benzene rings is 2. The molecule has 0 saturated heterocycles. The molecular formula is C14H12BrIN4. The SMILES string of the molecule is Cc1cc(-n2nc3cc(N)c(Br)cc3n2)c(C)cc1I. The van der Waals surface area contributed by atoms with Crippen LogP contribution in [0.3, 0.4) is 0 Å². The first-order valence-electron chi connectivity index (χ1n) is 6.05. The van der Waals surface area contributed by atoms with Crippen LogP contribution in [0.4, 0.5) is 5.69 Å². The maximum absolute atomic E-state index is 5.88. The molecule has 2 aromatic carbocycles. The van der Waals surface area contributed by atoms with E-state index in [2.05, 4.69) is 74.7 Å². The molecule has 0 bridgehead atoms. The Morgan fingerprint density at radius 1 is 1.05 bits per heavy atom. The van der Waals surface area contributed by atoms with Gasteiger partial charge in [0.15, 0.2) is 0 Å².